The summed E-state index contributed by atoms with van der Waals surface area (Å²) in [6.07, 6.45) is 8.31. The third kappa shape index (κ3) is 8.51. The lowest BCUT2D eigenvalue weighted by Gasteiger charge is -2.14. The Balaban J connectivity index is 3.47. The van der Waals surface area contributed by atoms with Crippen LogP contribution in [0.25, 0.3) is 0 Å². The monoisotopic (exact) mass is 202 g/mol. The molecular weight excluding hydrogens is 176 g/mol. The molecule has 0 aromatic heterocycles. The Morgan fingerprint density at radius 1 is 1.00 bits per heavy atom. The molecule has 0 saturated heterocycles. The van der Waals surface area contributed by atoms with Gasteiger partial charge < -0.3 is 4.43 Å². The molecule has 0 radical (unpaired) electrons. The van der Waals surface area contributed by atoms with Crippen molar-refractivity contribution in [3.63, 3.8) is 0 Å². The van der Waals surface area contributed by atoms with Crippen LogP contribution < -0.4 is 0 Å². The molecule has 0 amide bonds. The smallest absolute Gasteiger partial charge is 0.164 e. The highest BCUT2D eigenvalue weighted by atomic mass is 28.2. The number of hydrogen-bond donors (Lipinski definition) is 0. The molecule has 0 aliphatic heterocycles. The van der Waals surface area contributed by atoms with Crippen molar-refractivity contribution in [2.24, 2.45) is 0 Å². The molecule has 0 spiro atoms. The Morgan fingerprint density at radius 2 is 1.54 bits per heavy atom. The topological polar surface area (TPSA) is 9.23 Å². The van der Waals surface area contributed by atoms with Gasteiger partial charge in [-0.1, -0.05) is 52.4 Å². The van der Waals surface area contributed by atoms with Gasteiger partial charge in [-0.2, -0.15) is 0 Å². The molecule has 0 aromatic carbocycles. The van der Waals surface area contributed by atoms with E-state index in [0.717, 1.165) is 12.1 Å². The first kappa shape index (κ1) is 13.2. The fourth-order valence-corrected chi connectivity index (χ4v) is 3.06. The quantitative estimate of drug-likeness (QED) is 0.521. The minimum Gasteiger partial charge on any atom is -0.424 e. The van der Waals surface area contributed by atoms with Gasteiger partial charge in [0.25, 0.3) is 0 Å². The maximum absolute atomic E-state index is 5.63. The molecule has 0 unspecified atom stereocenters. The standard InChI is InChI=1S/C11H26OSi/c1-4-7-9-11(10-8-5-2)13-12-6-3/h11H,4-10,13H2,1-3H3. The Morgan fingerprint density at radius 3 is 1.92 bits per heavy atom. The van der Waals surface area contributed by atoms with E-state index < -0.39 is 0 Å². The maximum atomic E-state index is 5.63. The summed E-state index contributed by atoms with van der Waals surface area (Å²) in [5, 5.41) is 0. The molecule has 1 nitrogen and oxygen atoms in total. The van der Waals surface area contributed by atoms with Crippen LogP contribution in [0.5, 0.6) is 0 Å². The first-order chi connectivity index (χ1) is 6.35. The second kappa shape index (κ2) is 10.3. The first-order valence-corrected chi connectivity index (χ1v) is 7.32. The first-order valence-electron chi connectivity index (χ1n) is 5.92. The minimum atomic E-state index is -0.215. The molecule has 0 aromatic rings. The highest BCUT2D eigenvalue weighted by Gasteiger charge is 2.08. The zero-order chi connectivity index (χ0) is 9.94. The van der Waals surface area contributed by atoms with Crippen LogP contribution in [0.2, 0.25) is 5.54 Å². The molecule has 0 aliphatic carbocycles. The molecule has 0 heterocycles. The Hall–Kier alpha value is 0.177. The van der Waals surface area contributed by atoms with Crippen molar-refractivity contribution in [1.29, 1.82) is 0 Å². The maximum Gasteiger partial charge on any atom is 0.164 e. The zero-order valence-electron chi connectivity index (χ0n) is 9.64. The van der Waals surface area contributed by atoms with E-state index in [2.05, 4.69) is 20.8 Å². The lowest BCUT2D eigenvalue weighted by molar-refractivity contribution is 0.346. The van der Waals surface area contributed by atoms with Crippen molar-refractivity contribution >= 4 is 9.76 Å². The fourth-order valence-electron chi connectivity index (χ4n) is 1.58. The van der Waals surface area contributed by atoms with E-state index >= 15 is 0 Å². The summed E-state index contributed by atoms with van der Waals surface area (Å²) in [7, 11) is -0.215. The number of unbranched alkanes of at least 4 members (excludes halogenated alkanes) is 2. The highest BCUT2D eigenvalue weighted by molar-refractivity contribution is 6.29. The molecule has 0 saturated carbocycles. The molecule has 0 bridgehead atoms. The summed E-state index contributed by atoms with van der Waals surface area (Å²) < 4.78 is 5.63. The van der Waals surface area contributed by atoms with E-state index in [0.29, 0.717) is 0 Å². The zero-order valence-corrected chi connectivity index (χ0v) is 11.1. The van der Waals surface area contributed by atoms with Crippen LogP contribution in [0.4, 0.5) is 0 Å². The SMILES string of the molecule is CCCCC(CCCC)[SiH2]OCC. The van der Waals surface area contributed by atoms with Gasteiger partial charge in [-0.25, -0.2) is 0 Å². The molecular formula is C11H26OSi. The van der Waals surface area contributed by atoms with Crippen LogP contribution in [0, 0.1) is 0 Å². The second-order valence-corrected chi connectivity index (χ2v) is 5.71. The molecule has 0 N–H and O–H groups in total. The molecule has 0 rings (SSSR count). The van der Waals surface area contributed by atoms with Crippen molar-refractivity contribution in [2.75, 3.05) is 6.61 Å². The van der Waals surface area contributed by atoms with Crippen molar-refractivity contribution in [3.05, 3.63) is 0 Å². The fraction of sp³-hybridized carbons (Fsp3) is 1.00. The Kier molecular flexibility index (Phi) is 10.4. The summed E-state index contributed by atoms with van der Waals surface area (Å²) in [6, 6.07) is 0. The van der Waals surface area contributed by atoms with Gasteiger partial charge in [-0.15, -0.1) is 0 Å². The van der Waals surface area contributed by atoms with E-state index in [1.165, 1.54) is 38.5 Å². The number of rotatable bonds is 9. The van der Waals surface area contributed by atoms with E-state index in [4.69, 9.17) is 4.43 Å². The normalized spacial score (nSPS) is 12.0. The van der Waals surface area contributed by atoms with Gasteiger partial charge in [0.1, 0.15) is 0 Å². The van der Waals surface area contributed by atoms with E-state index in [1.54, 1.807) is 0 Å². The van der Waals surface area contributed by atoms with Crippen LogP contribution in [-0.2, 0) is 4.43 Å². The van der Waals surface area contributed by atoms with Gasteiger partial charge in [0.2, 0.25) is 0 Å². The van der Waals surface area contributed by atoms with E-state index in [9.17, 15) is 0 Å². The summed E-state index contributed by atoms with van der Waals surface area (Å²) in [6.45, 7) is 7.60. The minimum absolute atomic E-state index is 0.215. The Labute approximate surface area is 86.2 Å². The molecule has 80 valence electrons. The summed E-state index contributed by atoms with van der Waals surface area (Å²) in [5.74, 6) is 0. The van der Waals surface area contributed by atoms with Gasteiger partial charge in [-0.3, -0.25) is 0 Å². The van der Waals surface area contributed by atoms with Crippen molar-refractivity contribution in [2.45, 2.75) is 64.8 Å². The lowest BCUT2D eigenvalue weighted by atomic mass is 10.1. The molecule has 0 atom stereocenters. The average molecular weight is 202 g/mol. The number of hydrogen-bond acceptors (Lipinski definition) is 1. The summed E-state index contributed by atoms with van der Waals surface area (Å²) in [5.41, 5.74) is 0.958. The van der Waals surface area contributed by atoms with Crippen LogP contribution in [0.3, 0.4) is 0 Å². The van der Waals surface area contributed by atoms with Crippen LogP contribution in [-0.4, -0.2) is 16.4 Å². The average Bonchev–Trinajstić information content (AvgIpc) is 2.17. The summed E-state index contributed by atoms with van der Waals surface area (Å²) in [4.78, 5) is 0. The van der Waals surface area contributed by atoms with Crippen molar-refractivity contribution in [1.82, 2.24) is 0 Å². The van der Waals surface area contributed by atoms with Gasteiger partial charge in [0.05, 0.1) is 0 Å². The molecule has 13 heavy (non-hydrogen) atoms. The van der Waals surface area contributed by atoms with E-state index in [1.807, 2.05) is 0 Å². The van der Waals surface area contributed by atoms with E-state index in [-0.39, 0.29) is 9.76 Å². The van der Waals surface area contributed by atoms with Gasteiger partial charge in [0, 0.05) is 6.61 Å². The molecule has 0 aliphatic rings. The third-order valence-corrected chi connectivity index (χ3v) is 4.42. The van der Waals surface area contributed by atoms with Gasteiger partial charge in [0.15, 0.2) is 9.76 Å². The van der Waals surface area contributed by atoms with Crippen LogP contribution in [0.1, 0.15) is 59.3 Å². The molecule has 0 fully saturated rings. The van der Waals surface area contributed by atoms with Crippen LogP contribution >= 0.6 is 0 Å². The van der Waals surface area contributed by atoms with Gasteiger partial charge >= 0.3 is 0 Å². The largest absolute Gasteiger partial charge is 0.424 e. The summed E-state index contributed by atoms with van der Waals surface area (Å²) >= 11 is 0. The third-order valence-electron chi connectivity index (χ3n) is 2.49. The highest BCUT2D eigenvalue weighted by Crippen LogP contribution is 2.20. The Bertz CT molecular complexity index is 77.1. The second-order valence-electron chi connectivity index (χ2n) is 3.81. The van der Waals surface area contributed by atoms with Gasteiger partial charge in [-0.05, 0) is 12.5 Å². The van der Waals surface area contributed by atoms with Crippen molar-refractivity contribution in [3.8, 4) is 0 Å². The lowest BCUT2D eigenvalue weighted by Crippen LogP contribution is -2.08. The molecule has 2 heteroatoms. The van der Waals surface area contributed by atoms with Crippen molar-refractivity contribution < 1.29 is 4.43 Å². The predicted octanol–water partition coefficient (Wildman–Crippen LogP) is 3.28. The predicted molar refractivity (Wildman–Crippen MR) is 63.0 cm³/mol. The van der Waals surface area contributed by atoms with Crippen LogP contribution in [0.15, 0.2) is 0 Å².